The van der Waals surface area contributed by atoms with Crippen LogP contribution >= 0.6 is 0 Å². The summed E-state index contributed by atoms with van der Waals surface area (Å²) in [5.74, 6) is 7.13. The third kappa shape index (κ3) is 4.49. The minimum Gasteiger partial charge on any atom is -0.127 e. The largest absolute Gasteiger partial charge is 0.129 e. The summed E-state index contributed by atoms with van der Waals surface area (Å²) in [5.41, 5.74) is 13.3. The van der Waals surface area contributed by atoms with Crippen LogP contribution in [0.3, 0.4) is 0 Å². The summed E-state index contributed by atoms with van der Waals surface area (Å²) in [5, 5.41) is 0. The smallest absolute Gasteiger partial charge is 0.127 e. The van der Waals surface area contributed by atoms with Gasteiger partial charge in [0.1, 0.15) is 16.1 Å². The van der Waals surface area contributed by atoms with Crippen molar-refractivity contribution in [2.75, 3.05) is 0 Å². The molecular weight excluding hydrogens is 332 g/mol. The minimum atomic E-state index is -1.35. The summed E-state index contributed by atoms with van der Waals surface area (Å²) in [6, 6.07) is 4.52. The third-order valence-corrected chi connectivity index (χ3v) is 7.09. The van der Waals surface area contributed by atoms with Crippen LogP contribution in [0.15, 0.2) is 12.1 Å². The van der Waals surface area contributed by atoms with Gasteiger partial charge in [0.2, 0.25) is 0 Å². The van der Waals surface area contributed by atoms with Crippen molar-refractivity contribution in [3.8, 4) is 22.9 Å². The third-order valence-electron chi connectivity index (χ3n) is 5.34. The van der Waals surface area contributed by atoms with Gasteiger partial charge >= 0.3 is 0 Å². The van der Waals surface area contributed by atoms with Crippen LogP contribution in [-0.2, 0) is 12.8 Å². The van der Waals surface area contributed by atoms with Crippen LogP contribution in [0.25, 0.3) is 0 Å². The fraction of sp³-hybridized carbons (Fsp3) is 0.565. The summed E-state index contributed by atoms with van der Waals surface area (Å²) < 4.78 is 0. The molecule has 0 bridgehead atoms. The van der Waals surface area contributed by atoms with Crippen molar-refractivity contribution in [2.45, 2.75) is 77.8 Å². The average molecular weight is 365 g/mol. The molecule has 2 aliphatic carbocycles. The second-order valence-corrected chi connectivity index (χ2v) is 19.7. The summed E-state index contributed by atoms with van der Waals surface area (Å²) in [6.07, 6.45) is 8.06. The van der Waals surface area contributed by atoms with E-state index in [1.807, 2.05) is 0 Å². The molecule has 3 rings (SSSR count). The molecule has 0 nitrogen and oxygen atoms in total. The Balaban J connectivity index is 2.06. The topological polar surface area (TPSA) is 0 Å². The van der Waals surface area contributed by atoms with Crippen LogP contribution in [0.5, 0.6) is 0 Å². The van der Waals surface area contributed by atoms with E-state index in [0.29, 0.717) is 5.41 Å². The van der Waals surface area contributed by atoms with Crippen molar-refractivity contribution in [1.29, 1.82) is 0 Å². The van der Waals surface area contributed by atoms with Gasteiger partial charge in [0.15, 0.2) is 0 Å². The van der Waals surface area contributed by atoms with E-state index in [9.17, 15) is 0 Å². The summed E-state index contributed by atoms with van der Waals surface area (Å²) in [6.45, 7) is 14.0. The van der Waals surface area contributed by atoms with Crippen molar-refractivity contribution in [3.05, 3.63) is 34.4 Å². The van der Waals surface area contributed by atoms with Crippen LogP contribution in [0.2, 0.25) is 39.3 Å². The van der Waals surface area contributed by atoms with Crippen LogP contribution in [-0.4, -0.2) is 16.1 Å². The van der Waals surface area contributed by atoms with Crippen LogP contribution in [0.4, 0.5) is 0 Å². The van der Waals surface area contributed by atoms with Crippen molar-refractivity contribution < 1.29 is 0 Å². The average Bonchev–Trinajstić information content (AvgIpc) is 3.09. The SMILES string of the molecule is C[Si](C)(C)C#Cc1ccc(C#C[Si](C)(C)C)c2c1CC1(CCCC1)C2. The van der Waals surface area contributed by atoms with Crippen LogP contribution < -0.4 is 0 Å². The Hall–Kier alpha value is -1.23. The molecule has 0 heterocycles. The first-order chi connectivity index (χ1) is 11.6. The lowest BCUT2D eigenvalue weighted by Crippen LogP contribution is -2.17. The fourth-order valence-corrected chi connectivity index (χ4v) is 5.15. The molecule has 1 fully saturated rings. The Bertz CT molecular complexity index is 726. The molecule has 0 saturated heterocycles. The molecule has 132 valence electrons. The van der Waals surface area contributed by atoms with Gasteiger partial charge in [0, 0.05) is 11.1 Å². The van der Waals surface area contributed by atoms with Gasteiger partial charge in [-0.3, -0.25) is 0 Å². The van der Waals surface area contributed by atoms with Crippen molar-refractivity contribution in [2.24, 2.45) is 5.41 Å². The van der Waals surface area contributed by atoms with E-state index in [4.69, 9.17) is 0 Å². The number of rotatable bonds is 0. The zero-order chi connectivity index (χ0) is 18.3. The Labute approximate surface area is 156 Å². The second kappa shape index (κ2) is 6.49. The molecule has 0 radical (unpaired) electrons. The molecule has 0 aliphatic heterocycles. The maximum atomic E-state index is 3.58. The molecule has 2 heteroatoms. The monoisotopic (exact) mass is 364 g/mol. The highest BCUT2D eigenvalue weighted by Gasteiger charge is 2.41. The predicted octanol–water partition coefficient (Wildman–Crippen LogP) is 5.80. The normalized spacial score (nSPS) is 18.3. The lowest BCUT2D eigenvalue weighted by atomic mass is 9.83. The highest BCUT2D eigenvalue weighted by Crippen LogP contribution is 2.50. The van der Waals surface area contributed by atoms with Crippen molar-refractivity contribution in [1.82, 2.24) is 0 Å². The second-order valence-electron chi connectivity index (χ2n) is 10.2. The molecule has 1 aromatic rings. The molecule has 1 aromatic carbocycles. The predicted molar refractivity (Wildman–Crippen MR) is 115 cm³/mol. The molecule has 0 atom stereocenters. The Morgan fingerprint density at radius 3 is 1.48 bits per heavy atom. The van der Waals surface area contributed by atoms with E-state index in [1.165, 1.54) is 60.8 Å². The van der Waals surface area contributed by atoms with Gasteiger partial charge in [0.05, 0.1) is 0 Å². The van der Waals surface area contributed by atoms with Gasteiger partial charge in [-0.1, -0.05) is 64.0 Å². The molecular formula is C23H32Si2. The Morgan fingerprint density at radius 2 is 1.12 bits per heavy atom. The maximum absolute atomic E-state index is 3.58. The number of benzene rings is 1. The van der Waals surface area contributed by atoms with Crippen molar-refractivity contribution >= 4 is 16.1 Å². The Kier molecular flexibility index (Phi) is 4.82. The number of fused-ring (bicyclic) bond motifs is 1. The number of hydrogen-bond acceptors (Lipinski definition) is 0. The zero-order valence-electron chi connectivity index (χ0n) is 16.9. The Morgan fingerprint density at radius 1 is 0.720 bits per heavy atom. The van der Waals surface area contributed by atoms with Gasteiger partial charge in [-0.25, -0.2) is 0 Å². The maximum Gasteiger partial charge on any atom is 0.129 e. The van der Waals surface area contributed by atoms with E-state index >= 15 is 0 Å². The standard InChI is InChI=1S/C23H32Si2/c1-24(2,3)15-11-19-9-10-20(12-16-25(4,5)6)22-18-23(17-21(19)22)13-7-8-14-23/h9-10H,7-8,13-14,17-18H2,1-6H3. The summed E-state index contributed by atoms with van der Waals surface area (Å²) >= 11 is 0. The zero-order valence-corrected chi connectivity index (χ0v) is 18.9. The highest BCUT2D eigenvalue weighted by molar-refractivity contribution is 6.84. The number of hydrogen-bond donors (Lipinski definition) is 0. The quantitative estimate of drug-likeness (QED) is 0.403. The van der Waals surface area contributed by atoms with Gasteiger partial charge in [-0.15, -0.1) is 11.1 Å². The molecule has 0 N–H and O–H groups in total. The van der Waals surface area contributed by atoms with E-state index in [2.05, 4.69) is 74.3 Å². The minimum absolute atomic E-state index is 0.523. The molecule has 1 spiro atoms. The summed E-state index contributed by atoms with van der Waals surface area (Å²) in [4.78, 5) is 0. The molecule has 0 aromatic heterocycles. The molecule has 0 amide bonds. The fourth-order valence-electron chi connectivity index (χ4n) is 4.13. The van der Waals surface area contributed by atoms with Gasteiger partial charge in [-0.2, -0.15) is 0 Å². The molecule has 25 heavy (non-hydrogen) atoms. The lowest BCUT2D eigenvalue weighted by Gasteiger charge is -2.21. The van der Waals surface area contributed by atoms with Gasteiger partial charge in [0.25, 0.3) is 0 Å². The van der Waals surface area contributed by atoms with E-state index in [0.717, 1.165) is 0 Å². The first-order valence-electron chi connectivity index (χ1n) is 9.78. The summed E-state index contributed by atoms with van der Waals surface area (Å²) in [7, 11) is -2.70. The molecule has 1 saturated carbocycles. The van der Waals surface area contributed by atoms with Gasteiger partial charge < -0.3 is 0 Å². The van der Waals surface area contributed by atoms with Gasteiger partial charge in [-0.05, 0) is 54.4 Å². The highest BCUT2D eigenvalue weighted by atomic mass is 28.3. The van der Waals surface area contributed by atoms with Crippen molar-refractivity contribution in [3.63, 3.8) is 0 Å². The van der Waals surface area contributed by atoms with E-state index in [1.54, 1.807) is 0 Å². The molecule has 2 aliphatic rings. The van der Waals surface area contributed by atoms with E-state index in [-0.39, 0.29) is 0 Å². The first kappa shape index (κ1) is 18.6. The molecule has 0 unspecified atom stereocenters. The van der Waals surface area contributed by atoms with Crippen LogP contribution in [0.1, 0.15) is 47.9 Å². The van der Waals surface area contributed by atoms with Crippen LogP contribution in [0, 0.1) is 28.3 Å². The lowest BCUT2D eigenvalue weighted by molar-refractivity contribution is 0.317. The first-order valence-corrected chi connectivity index (χ1v) is 16.8. The van der Waals surface area contributed by atoms with E-state index < -0.39 is 16.1 Å².